The summed E-state index contributed by atoms with van der Waals surface area (Å²) in [5.41, 5.74) is 0. The largest absolute Gasteiger partial charge is 0.341 e. The van der Waals surface area contributed by atoms with Crippen molar-refractivity contribution in [1.82, 2.24) is 10.2 Å². The van der Waals surface area contributed by atoms with Gasteiger partial charge in [-0.25, -0.2) is 0 Å². The molecule has 1 unspecified atom stereocenters. The molecule has 0 aromatic rings. The number of amides is 1. The van der Waals surface area contributed by atoms with E-state index in [1.165, 1.54) is 38.5 Å². The Hall–Kier alpha value is -0.570. The van der Waals surface area contributed by atoms with Crippen molar-refractivity contribution in [1.29, 1.82) is 0 Å². The summed E-state index contributed by atoms with van der Waals surface area (Å²) in [6.45, 7) is 1.89. The molecule has 2 rings (SSSR count). The van der Waals surface area contributed by atoms with Crippen LogP contribution in [-0.4, -0.2) is 37.0 Å². The number of nitrogens with zero attached hydrogens (tertiary/aromatic N) is 1. The van der Waals surface area contributed by atoms with E-state index in [9.17, 15) is 4.79 Å². The predicted octanol–water partition coefficient (Wildman–Crippen LogP) is 2.56. The third kappa shape index (κ3) is 3.98. The summed E-state index contributed by atoms with van der Waals surface area (Å²) in [7, 11) is 2.00. The smallest absolute Gasteiger partial charge is 0.222 e. The fraction of sp³-hybridized carbons (Fsp3) is 0.933. The molecule has 0 spiro atoms. The summed E-state index contributed by atoms with van der Waals surface area (Å²) in [5.74, 6) is 1.22. The SMILES string of the molecule is CNC1CCCN(C(=O)CCC2CCCCC2)C1. The number of carbonyl (C=O) groups is 1. The molecule has 0 bridgehead atoms. The fourth-order valence-corrected chi connectivity index (χ4v) is 3.40. The lowest BCUT2D eigenvalue weighted by Gasteiger charge is -2.33. The van der Waals surface area contributed by atoms with Crippen LogP contribution in [0.4, 0.5) is 0 Å². The maximum absolute atomic E-state index is 12.2. The highest BCUT2D eigenvalue weighted by Gasteiger charge is 2.23. The maximum Gasteiger partial charge on any atom is 0.222 e. The zero-order valence-corrected chi connectivity index (χ0v) is 11.8. The Morgan fingerprint density at radius 2 is 1.94 bits per heavy atom. The molecule has 1 atom stereocenters. The number of likely N-dealkylation sites (N-methyl/N-ethyl adjacent to an activating group) is 1. The molecule has 0 radical (unpaired) electrons. The van der Waals surface area contributed by atoms with Gasteiger partial charge in [-0.15, -0.1) is 0 Å². The molecule has 3 nitrogen and oxygen atoms in total. The van der Waals surface area contributed by atoms with Gasteiger partial charge in [0.05, 0.1) is 0 Å². The maximum atomic E-state index is 12.2. The lowest BCUT2D eigenvalue weighted by molar-refractivity contribution is -0.132. The van der Waals surface area contributed by atoms with Crippen LogP contribution >= 0.6 is 0 Å². The highest BCUT2D eigenvalue weighted by Crippen LogP contribution is 2.27. The number of nitrogens with one attached hydrogen (secondary N) is 1. The van der Waals surface area contributed by atoms with Gasteiger partial charge in [0, 0.05) is 25.6 Å². The van der Waals surface area contributed by atoms with Gasteiger partial charge in [-0.1, -0.05) is 32.1 Å². The zero-order chi connectivity index (χ0) is 12.8. The molecule has 0 aromatic heterocycles. The van der Waals surface area contributed by atoms with E-state index in [0.717, 1.165) is 38.3 Å². The van der Waals surface area contributed by atoms with Crippen molar-refractivity contribution in [3.63, 3.8) is 0 Å². The molecule has 18 heavy (non-hydrogen) atoms. The van der Waals surface area contributed by atoms with Crippen LogP contribution in [0.3, 0.4) is 0 Å². The van der Waals surface area contributed by atoms with Gasteiger partial charge in [0.1, 0.15) is 0 Å². The molecule has 1 saturated carbocycles. The van der Waals surface area contributed by atoms with Crippen LogP contribution in [0.1, 0.15) is 57.8 Å². The summed E-state index contributed by atoms with van der Waals surface area (Å²) >= 11 is 0. The Morgan fingerprint density at radius 1 is 1.17 bits per heavy atom. The predicted molar refractivity (Wildman–Crippen MR) is 74.5 cm³/mol. The molecule has 1 aliphatic heterocycles. The lowest BCUT2D eigenvalue weighted by atomic mass is 9.86. The summed E-state index contributed by atoms with van der Waals surface area (Å²) in [6.07, 6.45) is 11.1. The molecular weight excluding hydrogens is 224 g/mol. The highest BCUT2D eigenvalue weighted by atomic mass is 16.2. The van der Waals surface area contributed by atoms with Crippen molar-refractivity contribution in [2.45, 2.75) is 63.8 Å². The molecule has 1 aliphatic carbocycles. The van der Waals surface area contributed by atoms with Crippen molar-refractivity contribution in [3.05, 3.63) is 0 Å². The summed E-state index contributed by atoms with van der Waals surface area (Å²) in [4.78, 5) is 14.3. The summed E-state index contributed by atoms with van der Waals surface area (Å²) in [5, 5.41) is 3.30. The van der Waals surface area contributed by atoms with E-state index >= 15 is 0 Å². The first kappa shape index (κ1) is 13.9. The first-order chi connectivity index (χ1) is 8.79. The first-order valence-corrected chi connectivity index (χ1v) is 7.74. The normalized spacial score (nSPS) is 26.3. The number of rotatable bonds is 4. The summed E-state index contributed by atoms with van der Waals surface area (Å²) < 4.78 is 0. The molecule has 1 N–H and O–H groups in total. The minimum Gasteiger partial charge on any atom is -0.341 e. The lowest BCUT2D eigenvalue weighted by Crippen LogP contribution is -2.47. The Kier molecular flexibility index (Phi) is 5.48. The van der Waals surface area contributed by atoms with Gasteiger partial charge in [0.25, 0.3) is 0 Å². The standard InChI is InChI=1S/C15H28N2O/c1-16-14-8-5-11-17(12-14)15(18)10-9-13-6-3-2-4-7-13/h13-14,16H,2-12H2,1H3. The second-order valence-corrected chi connectivity index (χ2v) is 6.01. The van der Waals surface area contributed by atoms with E-state index in [-0.39, 0.29) is 0 Å². The van der Waals surface area contributed by atoms with Crippen molar-refractivity contribution < 1.29 is 4.79 Å². The van der Waals surface area contributed by atoms with Crippen molar-refractivity contribution in [2.24, 2.45) is 5.92 Å². The van der Waals surface area contributed by atoms with Crippen molar-refractivity contribution in [2.75, 3.05) is 20.1 Å². The number of likely N-dealkylation sites (tertiary alicyclic amines) is 1. The van der Waals surface area contributed by atoms with Gasteiger partial charge in [-0.05, 0) is 32.2 Å². The molecule has 1 heterocycles. The Labute approximate surface area is 111 Å². The van der Waals surface area contributed by atoms with Crippen LogP contribution in [0.15, 0.2) is 0 Å². The van der Waals surface area contributed by atoms with Gasteiger partial charge < -0.3 is 10.2 Å². The van der Waals surface area contributed by atoms with Gasteiger partial charge in [-0.2, -0.15) is 0 Å². The number of carbonyl (C=O) groups excluding carboxylic acids is 1. The molecule has 1 saturated heterocycles. The Morgan fingerprint density at radius 3 is 2.67 bits per heavy atom. The average Bonchev–Trinajstić information content (AvgIpc) is 2.46. The van der Waals surface area contributed by atoms with Crippen LogP contribution in [0.25, 0.3) is 0 Å². The Balaban J connectivity index is 1.70. The fourth-order valence-electron chi connectivity index (χ4n) is 3.40. The molecule has 2 aliphatic rings. The van der Waals surface area contributed by atoms with Crippen LogP contribution in [-0.2, 0) is 4.79 Å². The number of hydrogen-bond acceptors (Lipinski definition) is 2. The molecule has 3 heteroatoms. The van der Waals surface area contributed by atoms with Crippen LogP contribution in [0, 0.1) is 5.92 Å². The monoisotopic (exact) mass is 252 g/mol. The average molecular weight is 252 g/mol. The van der Waals surface area contributed by atoms with Crippen LogP contribution in [0.5, 0.6) is 0 Å². The summed E-state index contributed by atoms with van der Waals surface area (Å²) in [6, 6.07) is 0.511. The van der Waals surface area contributed by atoms with E-state index in [2.05, 4.69) is 10.2 Å². The molecule has 2 fully saturated rings. The number of piperidine rings is 1. The van der Waals surface area contributed by atoms with Crippen molar-refractivity contribution >= 4 is 5.91 Å². The van der Waals surface area contributed by atoms with Gasteiger partial charge in [-0.3, -0.25) is 4.79 Å². The van der Waals surface area contributed by atoms with Crippen molar-refractivity contribution in [3.8, 4) is 0 Å². The number of hydrogen-bond donors (Lipinski definition) is 1. The van der Waals surface area contributed by atoms with E-state index in [4.69, 9.17) is 0 Å². The Bertz CT molecular complexity index is 261. The molecule has 104 valence electrons. The van der Waals surface area contributed by atoms with Crippen LogP contribution in [0.2, 0.25) is 0 Å². The van der Waals surface area contributed by atoms with E-state index < -0.39 is 0 Å². The van der Waals surface area contributed by atoms with E-state index in [1.54, 1.807) is 0 Å². The minimum atomic E-state index is 0.389. The van der Waals surface area contributed by atoms with E-state index in [1.807, 2.05) is 7.05 Å². The van der Waals surface area contributed by atoms with Crippen LogP contribution < -0.4 is 5.32 Å². The quantitative estimate of drug-likeness (QED) is 0.834. The second-order valence-electron chi connectivity index (χ2n) is 6.01. The first-order valence-electron chi connectivity index (χ1n) is 7.74. The van der Waals surface area contributed by atoms with Gasteiger partial charge in [0.15, 0.2) is 0 Å². The molecule has 0 aromatic carbocycles. The third-order valence-corrected chi connectivity index (χ3v) is 4.67. The third-order valence-electron chi connectivity index (χ3n) is 4.67. The van der Waals surface area contributed by atoms with Gasteiger partial charge in [0.2, 0.25) is 5.91 Å². The van der Waals surface area contributed by atoms with Gasteiger partial charge >= 0.3 is 0 Å². The topological polar surface area (TPSA) is 32.3 Å². The molecular formula is C15H28N2O. The zero-order valence-electron chi connectivity index (χ0n) is 11.8. The molecule has 1 amide bonds. The second kappa shape index (κ2) is 7.13. The van der Waals surface area contributed by atoms with E-state index in [0.29, 0.717) is 11.9 Å². The highest BCUT2D eigenvalue weighted by molar-refractivity contribution is 5.76. The minimum absolute atomic E-state index is 0.389.